The van der Waals surface area contributed by atoms with E-state index < -0.39 is 0 Å². The van der Waals surface area contributed by atoms with E-state index in [-0.39, 0.29) is 0 Å². The maximum Gasteiger partial charge on any atom is 0.0116 e. The molecule has 0 aromatic carbocycles. The highest BCUT2D eigenvalue weighted by Crippen LogP contribution is 2.40. The van der Waals surface area contributed by atoms with Crippen LogP contribution in [0.3, 0.4) is 0 Å². The fourth-order valence-electron chi connectivity index (χ4n) is 4.81. The minimum atomic E-state index is 0.795. The molecule has 0 radical (unpaired) electrons. The molecule has 18 heavy (non-hydrogen) atoms. The summed E-state index contributed by atoms with van der Waals surface area (Å²) in [5, 5.41) is 3.52. The molecular formula is C16H30N2. The smallest absolute Gasteiger partial charge is 0.0116 e. The normalized spacial score (nSPS) is 46.0. The first kappa shape index (κ1) is 12.9. The van der Waals surface area contributed by atoms with Crippen molar-refractivity contribution in [2.24, 2.45) is 5.92 Å². The predicted molar refractivity (Wildman–Crippen MR) is 76.8 cm³/mol. The number of rotatable bonds is 2. The van der Waals surface area contributed by atoms with Crippen LogP contribution in [0.4, 0.5) is 0 Å². The number of fused-ring (bicyclic) bond motifs is 2. The predicted octanol–water partition coefficient (Wildman–Crippen LogP) is 3.17. The lowest BCUT2D eigenvalue weighted by atomic mass is 9.93. The lowest BCUT2D eigenvalue weighted by Crippen LogP contribution is -2.52. The van der Waals surface area contributed by atoms with Crippen LogP contribution in [0, 0.1) is 5.92 Å². The van der Waals surface area contributed by atoms with Gasteiger partial charge in [-0.1, -0.05) is 19.8 Å². The molecule has 3 fully saturated rings. The van der Waals surface area contributed by atoms with E-state index in [0.29, 0.717) is 0 Å². The van der Waals surface area contributed by atoms with E-state index >= 15 is 0 Å². The third kappa shape index (κ3) is 2.46. The Hall–Kier alpha value is -0.0800. The molecule has 0 aromatic rings. The van der Waals surface area contributed by atoms with Gasteiger partial charge in [0.1, 0.15) is 0 Å². The molecule has 1 aliphatic carbocycles. The van der Waals surface area contributed by atoms with Gasteiger partial charge in [0.2, 0.25) is 0 Å². The first-order valence-corrected chi connectivity index (χ1v) is 8.22. The Morgan fingerprint density at radius 2 is 1.50 bits per heavy atom. The van der Waals surface area contributed by atoms with Crippen LogP contribution < -0.4 is 5.32 Å². The van der Waals surface area contributed by atoms with Crippen LogP contribution in [0.1, 0.15) is 64.7 Å². The molecule has 1 N–H and O–H groups in total. The highest BCUT2D eigenvalue weighted by Gasteiger charge is 2.43. The Morgan fingerprint density at radius 1 is 0.833 bits per heavy atom. The molecule has 3 rings (SSSR count). The molecule has 4 atom stereocenters. The van der Waals surface area contributed by atoms with Gasteiger partial charge in [-0.2, -0.15) is 0 Å². The van der Waals surface area contributed by atoms with Crippen molar-refractivity contribution in [3.05, 3.63) is 0 Å². The van der Waals surface area contributed by atoms with Gasteiger partial charge in [0, 0.05) is 24.2 Å². The standard InChI is InChI=1S/C16H30N2/c1-12-4-3-5-14(7-6-12)18-15-8-9-16(18)11-13(10-15)17-2/h12-17H,3-11H2,1-2H3. The maximum atomic E-state index is 3.52. The van der Waals surface area contributed by atoms with Crippen molar-refractivity contribution in [2.45, 2.75) is 88.9 Å². The van der Waals surface area contributed by atoms with Gasteiger partial charge < -0.3 is 5.32 Å². The third-order valence-electron chi connectivity index (χ3n) is 5.85. The molecule has 2 heteroatoms. The van der Waals surface area contributed by atoms with Crippen molar-refractivity contribution in [3.8, 4) is 0 Å². The van der Waals surface area contributed by atoms with Crippen molar-refractivity contribution < 1.29 is 0 Å². The number of hydrogen-bond donors (Lipinski definition) is 1. The Bertz CT molecular complexity index is 264. The number of hydrogen-bond acceptors (Lipinski definition) is 2. The molecule has 1 saturated carbocycles. The first-order valence-electron chi connectivity index (χ1n) is 8.22. The molecule has 2 bridgehead atoms. The van der Waals surface area contributed by atoms with Crippen LogP contribution in [0.15, 0.2) is 0 Å². The summed E-state index contributed by atoms with van der Waals surface area (Å²) < 4.78 is 0. The molecule has 2 heterocycles. The minimum Gasteiger partial charge on any atom is -0.317 e. The van der Waals surface area contributed by atoms with Gasteiger partial charge in [-0.15, -0.1) is 0 Å². The van der Waals surface area contributed by atoms with E-state index in [1.54, 1.807) is 0 Å². The van der Waals surface area contributed by atoms with Crippen LogP contribution in [0.2, 0.25) is 0 Å². The van der Waals surface area contributed by atoms with Crippen LogP contribution in [0.5, 0.6) is 0 Å². The number of nitrogens with one attached hydrogen (secondary N) is 1. The highest BCUT2D eigenvalue weighted by molar-refractivity contribution is 5.00. The monoisotopic (exact) mass is 250 g/mol. The summed E-state index contributed by atoms with van der Waals surface area (Å²) >= 11 is 0. The van der Waals surface area contributed by atoms with Crippen molar-refractivity contribution >= 4 is 0 Å². The van der Waals surface area contributed by atoms with Crippen molar-refractivity contribution in [1.82, 2.24) is 10.2 Å². The molecule has 2 saturated heterocycles. The highest BCUT2D eigenvalue weighted by atomic mass is 15.3. The minimum absolute atomic E-state index is 0.795. The summed E-state index contributed by atoms with van der Waals surface area (Å²) in [6.07, 6.45) is 13.1. The molecule has 3 aliphatic rings. The molecule has 4 unspecified atom stereocenters. The Morgan fingerprint density at radius 3 is 2.17 bits per heavy atom. The molecular weight excluding hydrogens is 220 g/mol. The summed E-state index contributed by atoms with van der Waals surface area (Å²) in [4.78, 5) is 2.96. The van der Waals surface area contributed by atoms with Crippen LogP contribution >= 0.6 is 0 Å². The quantitative estimate of drug-likeness (QED) is 0.757. The van der Waals surface area contributed by atoms with Crippen molar-refractivity contribution in [1.29, 1.82) is 0 Å². The van der Waals surface area contributed by atoms with Crippen molar-refractivity contribution in [3.63, 3.8) is 0 Å². The lowest BCUT2D eigenvalue weighted by Gasteiger charge is -2.43. The van der Waals surface area contributed by atoms with E-state index in [4.69, 9.17) is 0 Å². The lowest BCUT2D eigenvalue weighted by molar-refractivity contribution is 0.0632. The largest absolute Gasteiger partial charge is 0.317 e. The number of piperidine rings is 1. The van der Waals surface area contributed by atoms with E-state index in [9.17, 15) is 0 Å². The summed E-state index contributed by atoms with van der Waals surface area (Å²) in [6.45, 7) is 2.45. The maximum absolute atomic E-state index is 3.52. The summed E-state index contributed by atoms with van der Waals surface area (Å²) in [5.74, 6) is 0.975. The van der Waals surface area contributed by atoms with Crippen LogP contribution in [-0.4, -0.2) is 36.1 Å². The van der Waals surface area contributed by atoms with Gasteiger partial charge >= 0.3 is 0 Å². The Labute approximate surface area is 113 Å². The van der Waals surface area contributed by atoms with Gasteiger partial charge in [0.05, 0.1) is 0 Å². The third-order valence-corrected chi connectivity index (χ3v) is 5.85. The molecule has 0 spiro atoms. The average molecular weight is 250 g/mol. The molecule has 2 nitrogen and oxygen atoms in total. The molecule has 0 amide bonds. The summed E-state index contributed by atoms with van der Waals surface area (Å²) in [5.41, 5.74) is 0. The SMILES string of the molecule is CNC1CC2CCC(C1)N2C1CCCC(C)CC1. The first-order chi connectivity index (χ1) is 8.78. The van der Waals surface area contributed by atoms with Gasteiger partial charge in [-0.3, -0.25) is 4.90 Å². The summed E-state index contributed by atoms with van der Waals surface area (Å²) in [7, 11) is 2.15. The van der Waals surface area contributed by atoms with Gasteiger partial charge in [-0.05, 0) is 57.9 Å². The molecule has 0 aromatic heterocycles. The van der Waals surface area contributed by atoms with E-state index in [1.807, 2.05) is 0 Å². The van der Waals surface area contributed by atoms with E-state index in [1.165, 1.54) is 57.8 Å². The topological polar surface area (TPSA) is 15.3 Å². The Kier molecular flexibility index (Phi) is 3.95. The van der Waals surface area contributed by atoms with E-state index in [0.717, 1.165) is 30.1 Å². The van der Waals surface area contributed by atoms with Gasteiger partial charge in [-0.25, -0.2) is 0 Å². The van der Waals surface area contributed by atoms with Crippen molar-refractivity contribution in [2.75, 3.05) is 7.05 Å². The zero-order valence-electron chi connectivity index (χ0n) is 12.2. The second-order valence-electron chi connectivity index (χ2n) is 7.06. The zero-order chi connectivity index (χ0) is 12.5. The fourth-order valence-corrected chi connectivity index (χ4v) is 4.81. The zero-order valence-corrected chi connectivity index (χ0v) is 12.2. The fraction of sp³-hybridized carbons (Fsp3) is 1.00. The second-order valence-corrected chi connectivity index (χ2v) is 7.06. The van der Waals surface area contributed by atoms with Crippen LogP contribution in [-0.2, 0) is 0 Å². The van der Waals surface area contributed by atoms with Crippen LogP contribution in [0.25, 0.3) is 0 Å². The average Bonchev–Trinajstić information content (AvgIpc) is 2.58. The molecule has 104 valence electrons. The molecule has 2 aliphatic heterocycles. The summed E-state index contributed by atoms with van der Waals surface area (Å²) in [6, 6.07) is 3.52. The Balaban J connectivity index is 1.66. The number of nitrogens with zero attached hydrogens (tertiary/aromatic N) is 1. The van der Waals surface area contributed by atoms with Gasteiger partial charge in [0.25, 0.3) is 0 Å². The van der Waals surface area contributed by atoms with E-state index in [2.05, 4.69) is 24.2 Å². The second kappa shape index (κ2) is 5.50. The van der Waals surface area contributed by atoms with Gasteiger partial charge in [0.15, 0.2) is 0 Å².